The molecule has 0 fully saturated rings. The highest BCUT2D eigenvalue weighted by molar-refractivity contribution is 9.09. The van der Waals surface area contributed by atoms with E-state index in [4.69, 9.17) is 11.6 Å². The Morgan fingerprint density at radius 2 is 1.50 bits per heavy atom. The molecule has 2 aromatic rings. The molecule has 0 aliphatic rings. The Bertz CT molecular complexity index is 609. The first-order valence-corrected chi connectivity index (χ1v) is 7.58. The van der Waals surface area contributed by atoms with Crippen LogP contribution in [0.1, 0.15) is 41.3 Å². The Balaban J connectivity index is 2.36. The van der Waals surface area contributed by atoms with Crippen LogP contribution in [0.15, 0.2) is 36.4 Å². The topological polar surface area (TPSA) is 0 Å². The smallest absolute Gasteiger partial charge is 0.142 e. The molecule has 20 heavy (non-hydrogen) atoms. The number of rotatable bonds is 3. The van der Waals surface area contributed by atoms with Crippen LogP contribution >= 0.6 is 27.5 Å². The van der Waals surface area contributed by atoms with Gasteiger partial charge in [0, 0.05) is 5.56 Å². The second-order valence-corrected chi connectivity index (χ2v) is 6.29. The van der Waals surface area contributed by atoms with Crippen LogP contribution in [-0.2, 0) is 0 Å². The van der Waals surface area contributed by atoms with Crippen molar-refractivity contribution in [2.75, 3.05) is 0 Å². The molecule has 0 spiro atoms. The van der Waals surface area contributed by atoms with Gasteiger partial charge in [-0.1, -0.05) is 65.6 Å². The molecule has 0 heterocycles. The highest BCUT2D eigenvalue weighted by Crippen LogP contribution is 2.35. The van der Waals surface area contributed by atoms with Gasteiger partial charge in [-0.15, -0.1) is 0 Å². The zero-order valence-electron chi connectivity index (χ0n) is 11.1. The van der Waals surface area contributed by atoms with Gasteiger partial charge in [0.15, 0.2) is 0 Å². The molecule has 0 aromatic heterocycles. The van der Waals surface area contributed by atoms with Crippen molar-refractivity contribution in [3.8, 4) is 0 Å². The third kappa shape index (κ3) is 3.21. The Kier molecular flexibility index (Phi) is 4.82. The Morgan fingerprint density at radius 1 is 0.950 bits per heavy atom. The van der Waals surface area contributed by atoms with Crippen molar-refractivity contribution in [2.24, 2.45) is 0 Å². The molecule has 0 bridgehead atoms. The lowest BCUT2D eigenvalue weighted by Crippen LogP contribution is -1.99. The summed E-state index contributed by atoms with van der Waals surface area (Å²) in [4.78, 5) is -0.407. The quantitative estimate of drug-likeness (QED) is 0.450. The molecule has 0 nitrogen and oxygen atoms in total. The van der Waals surface area contributed by atoms with E-state index in [1.165, 1.54) is 5.56 Å². The number of halogens is 4. The van der Waals surface area contributed by atoms with Crippen molar-refractivity contribution in [1.82, 2.24) is 0 Å². The van der Waals surface area contributed by atoms with Crippen molar-refractivity contribution in [3.05, 3.63) is 69.7 Å². The van der Waals surface area contributed by atoms with Crippen molar-refractivity contribution in [2.45, 2.75) is 24.6 Å². The van der Waals surface area contributed by atoms with E-state index < -0.39 is 16.5 Å². The average molecular weight is 360 g/mol. The molecule has 1 atom stereocenters. The molecule has 0 N–H and O–H groups in total. The third-order valence-electron chi connectivity index (χ3n) is 3.21. The number of benzene rings is 2. The SMILES string of the molecule is CC(C)c1ccc(C(Br)c2cc(F)c(Cl)cc2F)cc1. The van der Waals surface area contributed by atoms with Crippen molar-refractivity contribution in [3.63, 3.8) is 0 Å². The van der Waals surface area contributed by atoms with Gasteiger partial charge in [-0.05, 0) is 29.2 Å². The third-order valence-corrected chi connectivity index (χ3v) is 4.52. The normalized spacial score (nSPS) is 12.8. The first kappa shape index (κ1) is 15.5. The van der Waals surface area contributed by atoms with E-state index in [1.807, 2.05) is 24.3 Å². The maximum Gasteiger partial charge on any atom is 0.142 e. The fraction of sp³-hybridized carbons (Fsp3) is 0.250. The second-order valence-electron chi connectivity index (χ2n) is 4.97. The molecule has 0 radical (unpaired) electrons. The summed E-state index contributed by atoms with van der Waals surface area (Å²) >= 11 is 8.98. The molecule has 0 amide bonds. The number of hydrogen-bond acceptors (Lipinski definition) is 0. The summed E-state index contributed by atoms with van der Waals surface area (Å²) in [5.74, 6) is -0.708. The van der Waals surface area contributed by atoms with Gasteiger partial charge in [-0.25, -0.2) is 8.78 Å². The first-order valence-electron chi connectivity index (χ1n) is 6.28. The van der Waals surface area contributed by atoms with Crippen LogP contribution in [0.2, 0.25) is 5.02 Å². The van der Waals surface area contributed by atoms with E-state index in [9.17, 15) is 8.78 Å². The zero-order valence-corrected chi connectivity index (χ0v) is 13.5. The van der Waals surface area contributed by atoms with Crippen molar-refractivity contribution < 1.29 is 8.78 Å². The molecular formula is C16H14BrClF2. The van der Waals surface area contributed by atoms with Gasteiger partial charge in [-0.3, -0.25) is 0 Å². The molecule has 2 aromatic carbocycles. The van der Waals surface area contributed by atoms with Crippen LogP contribution in [-0.4, -0.2) is 0 Å². The predicted molar refractivity (Wildman–Crippen MR) is 82.7 cm³/mol. The average Bonchev–Trinajstić information content (AvgIpc) is 2.42. The van der Waals surface area contributed by atoms with E-state index in [-0.39, 0.29) is 10.6 Å². The van der Waals surface area contributed by atoms with E-state index in [0.29, 0.717) is 5.92 Å². The monoisotopic (exact) mass is 358 g/mol. The maximum atomic E-state index is 13.9. The number of alkyl halides is 1. The minimum atomic E-state index is -0.619. The van der Waals surface area contributed by atoms with Crippen LogP contribution in [0.25, 0.3) is 0 Å². The van der Waals surface area contributed by atoms with Gasteiger partial charge >= 0.3 is 0 Å². The van der Waals surface area contributed by atoms with Gasteiger partial charge in [0.25, 0.3) is 0 Å². The molecule has 1 unspecified atom stereocenters. The maximum absolute atomic E-state index is 13.9. The molecule has 0 saturated carbocycles. The van der Waals surface area contributed by atoms with E-state index in [1.54, 1.807) is 0 Å². The lowest BCUT2D eigenvalue weighted by atomic mass is 9.98. The Morgan fingerprint density at radius 3 is 2.05 bits per heavy atom. The van der Waals surface area contributed by atoms with Gasteiger partial charge < -0.3 is 0 Å². The van der Waals surface area contributed by atoms with Crippen LogP contribution in [0.4, 0.5) is 8.78 Å². The molecule has 0 aliphatic heterocycles. The highest BCUT2D eigenvalue weighted by Gasteiger charge is 2.17. The summed E-state index contributed by atoms with van der Waals surface area (Å²) in [6, 6.07) is 9.97. The van der Waals surface area contributed by atoms with Crippen LogP contribution in [0.5, 0.6) is 0 Å². The molecule has 0 aliphatic carbocycles. The van der Waals surface area contributed by atoms with E-state index in [0.717, 1.165) is 17.7 Å². The Hall–Kier alpha value is -0.930. The lowest BCUT2D eigenvalue weighted by Gasteiger charge is -2.14. The van der Waals surface area contributed by atoms with Gasteiger partial charge in [-0.2, -0.15) is 0 Å². The minimum absolute atomic E-state index is 0.207. The van der Waals surface area contributed by atoms with Crippen molar-refractivity contribution >= 4 is 27.5 Å². The molecule has 4 heteroatoms. The van der Waals surface area contributed by atoms with Gasteiger partial charge in [0.2, 0.25) is 0 Å². The fourth-order valence-corrected chi connectivity index (χ4v) is 2.77. The Labute approximate surface area is 130 Å². The zero-order chi connectivity index (χ0) is 14.9. The minimum Gasteiger partial charge on any atom is -0.207 e. The summed E-state index contributed by atoms with van der Waals surface area (Å²) in [7, 11) is 0. The molecule has 2 rings (SSSR count). The molecule has 106 valence electrons. The highest BCUT2D eigenvalue weighted by atomic mass is 79.9. The van der Waals surface area contributed by atoms with Crippen LogP contribution < -0.4 is 0 Å². The predicted octanol–water partition coefficient (Wildman–Crippen LogP) is 6.23. The summed E-state index contributed by atoms with van der Waals surface area (Å²) in [6.07, 6.45) is 0. The van der Waals surface area contributed by atoms with Crippen molar-refractivity contribution in [1.29, 1.82) is 0 Å². The summed E-state index contributed by atoms with van der Waals surface area (Å²) in [6.45, 7) is 4.21. The molecular weight excluding hydrogens is 346 g/mol. The van der Waals surface area contributed by atoms with Crippen LogP contribution in [0.3, 0.4) is 0 Å². The summed E-state index contributed by atoms with van der Waals surface area (Å²) in [5, 5.41) is -0.207. The number of hydrogen-bond donors (Lipinski definition) is 0. The first-order chi connectivity index (χ1) is 9.40. The van der Waals surface area contributed by atoms with E-state index >= 15 is 0 Å². The summed E-state index contributed by atoms with van der Waals surface area (Å²) < 4.78 is 27.4. The summed E-state index contributed by atoms with van der Waals surface area (Å²) in [5.41, 5.74) is 2.32. The van der Waals surface area contributed by atoms with Gasteiger partial charge in [0.1, 0.15) is 11.6 Å². The standard InChI is InChI=1S/C16H14BrClF2/c1-9(2)10-3-5-11(6-4-10)16(17)12-7-15(20)13(18)8-14(12)19/h3-9,16H,1-2H3. The largest absolute Gasteiger partial charge is 0.207 e. The lowest BCUT2D eigenvalue weighted by molar-refractivity contribution is 0.588. The fourth-order valence-electron chi connectivity index (χ4n) is 1.96. The van der Waals surface area contributed by atoms with Gasteiger partial charge in [0.05, 0.1) is 9.85 Å². The van der Waals surface area contributed by atoms with E-state index in [2.05, 4.69) is 29.8 Å². The van der Waals surface area contributed by atoms with Crippen LogP contribution in [0, 0.1) is 11.6 Å². The molecule has 0 saturated heterocycles. The second kappa shape index (κ2) is 6.23.